The number of carbonyl (C=O) groups excluding carboxylic acids is 1. The molecule has 0 bridgehead atoms. The van der Waals surface area contributed by atoms with Gasteiger partial charge in [-0.05, 0) is 54.8 Å². The molecular weight excluding hydrogens is 483 g/mol. The molecule has 5 aromatic rings. The van der Waals surface area contributed by atoms with Crippen molar-refractivity contribution in [3.05, 3.63) is 101 Å². The van der Waals surface area contributed by atoms with Crippen LogP contribution in [0.25, 0.3) is 22.3 Å². The smallest absolute Gasteiger partial charge is 0.203 e. The molecule has 5 rings (SSSR count). The Bertz CT molecular complexity index is 1610. The second-order valence-corrected chi connectivity index (χ2v) is 8.81. The Hall–Kier alpha value is -4.37. The molecule has 6 nitrogen and oxygen atoms in total. The first kappa shape index (κ1) is 24.3. The van der Waals surface area contributed by atoms with Crippen molar-refractivity contribution in [1.82, 2.24) is 15.0 Å². The summed E-state index contributed by atoms with van der Waals surface area (Å²) in [6, 6.07) is 13.9. The fourth-order valence-corrected chi connectivity index (χ4v) is 4.18. The van der Waals surface area contributed by atoms with Gasteiger partial charge in [0, 0.05) is 18.0 Å². The second-order valence-electron chi connectivity index (χ2n) is 8.81. The zero-order valence-corrected chi connectivity index (χ0v) is 19.7. The number of aliphatic hydroxyl groups is 1. The predicted octanol–water partition coefficient (Wildman–Crippen LogP) is 6.15. The van der Waals surface area contributed by atoms with Crippen LogP contribution in [0.5, 0.6) is 11.5 Å². The van der Waals surface area contributed by atoms with Crippen molar-refractivity contribution in [2.45, 2.75) is 25.4 Å². The van der Waals surface area contributed by atoms with E-state index < -0.39 is 23.1 Å². The third-order valence-electron chi connectivity index (χ3n) is 6.26. The standard InChI is InChI=1S/C28H22F3N3O3/c1-28(36,18-6-2-4-16(12-18)5-3-11-35)23-15-33-27(34-23)20-14-19(7-8-21(20)29)37-22-13-17-9-10-32-26(17)25(31)24(22)30/h2,4,6-15,32,36H,3,5H2,1H3,(H,33,34). The lowest BCUT2D eigenvalue weighted by atomic mass is 9.91. The highest BCUT2D eigenvalue weighted by atomic mass is 19.2. The maximum absolute atomic E-state index is 14.8. The molecule has 0 aliphatic carbocycles. The molecule has 9 heteroatoms. The molecule has 0 radical (unpaired) electrons. The lowest BCUT2D eigenvalue weighted by Gasteiger charge is -2.23. The van der Waals surface area contributed by atoms with Crippen LogP contribution in [-0.2, 0) is 16.8 Å². The molecule has 2 heterocycles. The highest BCUT2D eigenvalue weighted by Gasteiger charge is 2.29. The van der Waals surface area contributed by atoms with Crippen molar-refractivity contribution < 1.29 is 27.8 Å². The number of halogens is 3. The van der Waals surface area contributed by atoms with E-state index in [1.807, 2.05) is 6.07 Å². The number of nitrogens with zero attached hydrogens (tertiary/aromatic N) is 1. The monoisotopic (exact) mass is 505 g/mol. The third kappa shape index (κ3) is 4.61. The van der Waals surface area contributed by atoms with Gasteiger partial charge in [-0.2, -0.15) is 4.39 Å². The number of imidazole rings is 1. The number of hydrogen-bond acceptors (Lipinski definition) is 4. The molecule has 3 N–H and O–H groups in total. The van der Waals surface area contributed by atoms with Crippen LogP contribution in [0.1, 0.15) is 30.2 Å². The van der Waals surface area contributed by atoms with Crippen LogP contribution in [0.2, 0.25) is 0 Å². The number of carbonyl (C=O) groups is 1. The number of aldehydes is 1. The minimum Gasteiger partial charge on any atom is -0.454 e. The van der Waals surface area contributed by atoms with E-state index >= 15 is 0 Å². The van der Waals surface area contributed by atoms with E-state index in [-0.39, 0.29) is 28.4 Å². The van der Waals surface area contributed by atoms with Crippen LogP contribution < -0.4 is 4.74 Å². The molecule has 2 aromatic heterocycles. The van der Waals surface area contributed by atoms with Crippen molar-refractivity contribution >= 4 is 17.2 Å². The molecule has 1 unspecified atom stereocenters. The van der Waals surface area contributed by atoms with Crippen LogP contribution in [0, 0.1) is 17.5 Å². The van der Waals surface area contributed by atoms with Gasteiger partial charge in [0.05, 0.1) is 23.0 Å². The largest absolute Gasteiger partial charge is 0.454 e. The van der Waals surface area contributed by atoms with Crippen LogP contribution in [-0.4, -0.2) is 26.3 Å². The fraction of sp³-hybridized carbons (Fsp3) is 0.143. The maximum atomic E-state index is 14.8. The van der Waals surface area contributed by atoms with Gasteiger partial charge in [-0.25, -0.2) is 13.8 Å². The normalized spacial score (nSPS) is 13.0. The average molecular weight is 505 g/mol. The lowest BCUT2D eigenvalue weighted by molar-refractivity contribution is -0.107. The molecule has 0 aliphatic heterocycles. The molecule has 0 saturated heterocycles. The van der Waals surface area contributed by atoms with E-state index in [0.717, 1.165) is 17.9 Å². The Labute approximate surface area is 209 Å². The molecule has 0 fully saturated rings. The van der Waals surface area contributed by atoms with E-state index in [4.69, 9.17) is 4.74 Å². The molecule has 188 valence electrons. The lowest BCUT2D eigenvalue weighted by Crippen LogP contribution is -2.23. The van der Waals surface area contributed by atoms with Crippen LogP contribution >= 0.6 is 0 Å². The molecule has 1 atom stereocenters. The molecule has 0 saturated carbocycles. The Morgan fingerprint density at radius 3 is 2.73 bits per heavy atom. The highest BCUT2D eigenvalue weighted by Crippen LogP contribution is 2.35. The molecule has 3 aromatic carbocycles. The summed E-state index contributed by atoms with van der Waals surface area (Å²) in [6.45, 7) is 1.58. The summed E-state index contributed by atoms with van der Waals surface area (Å²) in [5, 5.41) is 11.7. The number of H-pyrrole nitrogens is 2. The minimum absolute atomic E-state index is 0.0166. The number of benzene rings is 3. The Morgan fingerprint density at radius 1 is 1.08 bits per heavy atom. The summed E-state index contributed by atoms with van der Waals surface area (Å²) in [5.74, 6) is -3.04. The van der Waals surface area contributed by atoms with Gasteiger partial charge in [-0.3, -0.25) is 0 Å². The van der Waals surface area contributed by atoms with Crippen molar-refractivity contribution in [3.63, 3.8) is 0 Å². The molecule has 0 amide bonds. The number of ether oxygens (including phenoxy) is 1. The van der Waals surface area contributed by atoms with Gasteiger partial charge in [0.2, 0.25) is 5.82 Å². The zero-order valence-electron chi connectivity index (χ0n) is 19.7. The number of hydrogen-bond donors (Lipinski definition) is 3. The minimum atomic E-state index is -1.49. The van der Waals surface area contributed by atoms with Crippen LogP contribution in [0.4, 0.5) is 13.2 Å². The average Bonchev–Trinajstić information content (AvgIpc) is 3.58. The van der Waals surface area contributed by atoms with Gasteiger partial charge in [0.1, 0.15) is 29.3 Å². The van der Waals surface area contributed by atoms with Crippen molar-refractivity contribution in [2.75, 3.05) is 0 Å². The van der Waals surface area contributed by atoms with Crippen molar-refractivity contribution in [3.8, 4) is 22.9 Å². The summed E-state index contributed by atoms with van der Waals surface area (Å²) >= 11 is 0. The topological polar surface area (TPSA) is 91.0 Å². The first-order valence-corrected chi connectivity index (χ1v) is 11.5. The summed E-state index contributed by atoms with van der Waals surface area (Å²) in [4.78, 5) is 20.5. The first-order valence-electron chi connectivity index (χ1n) is 11.5. The molecule has 0 spiro atoms. The Balaban J connectivity index is 1.45. The van der Waals surface area contributed by atoms with Crippen molar-refractivity contribution in [1.29, 1.82) is 0 Å². The van der Waals surface area contributed by atoms with Gasteiger partial charge in [0.15, 0.2) is 11.6 Å². The number of rotatable bonds is 8. The maximum Gasteiger partial charge on any atom is 0.203 e. The van der Waals surface area contributed by atoms with Crippen LogP contribution in [0.3, 0.4) is 0 Å². The van der Waals surface area contributed by atoms with Gasteiger partial charge in [-0.15, -0.1) is 0 Å². The number of aromatic amines is 2. The Kier molecular flexibility index (Phi) is 6.31. The quantitative estimate of drug-likeness (QED) is 0.221. The van der Waals surface area contributed by atoms with Gasteiger partial charge in [0.25, 0.3) is 0 Å². The van der Waals surface area contributed by atoms with Gasteiger partial charge in [-0.1, -0.05) is 24.3 Å². The highest BCUT2D eigenvalue weighted by molar-refractivity contribution is 5.81. The first-order chi connectivity index (χ1) is 17.8. The molecule has 0 aliphatic rings. The fourth-order valence-electron chi connectivity index (χ4n) is 4.18. The Morgan fingerprint density at radius 2 is 1.92 bits per heavy atom. The SMILES string of the molecule is CC(O)(c1cccc(CCC=O)c1)c1cnc(-c2cc(Oc3cc4cc[nH]c4c(F)c3F)ccc2F)[nH]1. The summed E-state index contributed by atoms with van der Waals surface area (Å²) < 4.78 is 49.2. The molecule has 37 heavy (non-hydrogen) atoms. The summed E-state index contributed by atoms with van der Waals surface area (Å²) in [5.41, 5.74) is 0.326. The number of aromatic nitrogens is 3. The van der Waals surface area contributed by atoms with E-state index in [0.29, 0.717) is 29.5 Å². The van der Waals surface area contributed by atoms with E-state index in [9.17, 15) is 23.1 Å². The van der Waals surface area contributed by atoms with E-state index in [1.165, 1.54) is 30.6 Å². The van der Waals surface area contributed by atoms with Gasteiger partial charge < -0.3 is 24.6 Å². The third-order valence-corrected chi connectivity index (χ3v) is 6.26. The zero-order chi connectivity index (χ0) is 26.2. The van der Waals surface area contributed by atoms with Crippen molar-refractivity contribution in [2.24, 2.45) is 0 Å². The number of nitrogens with one attached hydrogen (secondary N) is 2. The number of aryl methyl sites for hydroxylation is 1. The number of fused-ring (bicyclic) bond motifs is 1. The summed E-state index contributed by atoms with van der Waals surface area (Å²) in [7, 11) is 0. The van der Waals surface area contributed by atoms with Crippen LogP contribution in [0.15, 0.2) is 67.0 Å². The van der Waals surface area contributed by atoms with Gasteiger partial charge >= 0.3 is 0 Å². The molecular formula is C28H22F3N3O3. The summed E-state index contributed by atoms with van der Waals surface area (Å²) in [6.07, 6.45) is 4.63. The predicted molar refractivity (Wildman–Crippen MR) is 132 cm³/mol. The van der Waals surface area contributed by atoms with E-state index in [2.05, 4.69) is 15.0 Å². The van der Waals surface area contributed by atoms with E-state index in [1.54, 1.807) is 31.2 Å². The second kappa shape index (κ2) is 9.59.